The van der Waals surface area contributed by atoms with Crippen molar-refractivity contribution in [2.75, 3.05) is 13.1 Å². The molecule has 0 radical (unpaired) electrons. The number of piperidine rings is 1. The minimum absolute atomic E-state index is 0.0333. The second-order valence-electron chi connectivity index (χ2n) is 4.76. The van der Waals surface area contributed by atoms with E-state index in [4.69, 9.17) is 11.6 Å². The summed E-state index contributed by atoms with van der Waals surface area (Å²) in [6, 6.07) is 1.82. The minimum atomic E-state index is -0.120. The highest BCUT2D eigenvalue weighted by Gasteiger charge is 2.25. The van der Waals surface area contributed by atoms with Gasteiger partial charge in [-0.15, -0.1) is 0 Å². The van der Waals surface area contributed by atoms with Crippen molar-refractivity contribution >= 4 is 39.3 Å². The molecule has 7 heteroatoms. The fourth-order valence-corrected chi connectivity index (χ4v) is 2.77. The van der Waals surface area contributed by atoms with Crippen molar-refractivity contribution in [2.24, 2.45) is 0 Å². The van der Waals surface area contributed by atoms with Crippen LogP contribution in [0.15, 0.2) is 16.7 Å². The number of aromatic nitrogens is 1. The normalized spacial score (nSPS) is 16.1. The van der Waals surface area contributed by atoms with E-state index < -0.39 is 0 Å². The molecule has 0 saturated carbocycles. The first-order chi connectivity index (χ1) is 9.47. The Balaban J connectivity index is 2.01. The molecule has 108 valence electrons. The maximum Gasteiger partial charge on any atom is 0.257 e. The van der Waals surface area contributed by atoms with E-state index in [1.807, 2.05) is 0 Å². The first-order valence-electron chi connectivity index (χ1n) is 6.35. The lowest BCUT2D eigenvalue weighted by atomic mass is 10.0. The van der Waals surface area contributed by atoms with Gasteiger partial charge in [-0.25, -0.2) is 4.98 Å². The zero-order valence-corrected chi connectivity index (χ0v) is 13.4. The molecule has 1 fully saturated rings. The van der Waals surface area contributed by atoms with Gasteiger partial charge in [-0.3, -0.25) is 9.59 Å². The molecule has 0 atom stereocenters. The lowest BCUT2D eigenvalue weighted by Gasteiger charge is -2.32. The van der Waals surface area contributed by atoms with E-state index in [1.165, 1.54) is 6.92 Å². The second kappa shape index (κ2) is 6.54. The molecule has 0 unspecified atom stereocenters. The van der Waals surface area contributed by atoms with E-state index in [0.717, 1.165) is 17.3 Å². The highest BCUT2D eigenvalue weighted by molar-refractivity contribution is 9.10. The van der Waals surface area contributed by atoms with Gasteiger partial charge in [-0.2, -0.15) is 0 Å². The summed E-state index contributed by atoms with van der Waals surface area (Å²) in [5.74, 6) is -0.154. The molecular formula is C13H15BrClN3O2. The Hall–Kier alpha value is -1.14. The topological polar surface area (TPSA) is 62.3 Å². The fraction of sp³-hybridized carbons (Fsp3) is 0.462. The molecule has 1 aliphatic heterocycles. The van der Waals surface area contributed by atoms with Crippen molar-refractivity contribution in [3.63, 3.8) is 0 Å². The second-order valence-corrected chi connectivity index (χ2v) is 6.03. The fourth-order valence-electron chi connectivity index (χ4n) is 2.26. The van der Waals surface area contributed by atoms with Crippen LogP contribution in [0, 0.1) is 0 Å². The van der Waals surface area contributed by atoms with Crippen LogP contribution < -0.4 is 5.32 Å². The van der Waals surface area contributed by atoms with E-state index in [1.54, 1.807) is 17.2 Å². The molecule has 1 saturated heterocycles. The highest BCUT2D eigenvalue weighted by atomic mass is 79.9. The average molecular weight is 361 g/mol. The third kappa shape index (κ3) is 3.70. The number of rotatable bonds is 2. The zero-order chi connectivity index (χ0) is 14.7. The van der Waals surface area contributed by atoms with E-state index in [-0.39, 0.29) is 23.0 Å². The number of carbonyl (C=O) groups is 2. The summed E-state index contributed by atoms with van der Waals surface area (Å²) in [6.07, 6.45) is 3.07. The van der Waals surface area contributed by atoms with Crippen molar-refractivity contribution in [3.05, 3.63) is 27.5 Å². The lowest BCUT2D eigenvalue weighted by Crippen LogP contribution is -2.46. The molecule has 1 aromatic heterocycles. The zero-order valence-electron chi connectivity index (χ0n) is 11.0. The van der Waals surface area contributed by atoms with Gasteiger partial charge in [0, 0.05) is 36.7 Å². The number of halogens is 2. The molecule has 0 bridgehead atoms. The highest BCUT2D eigenvalue weighted by Crippen LogP contribution is 2.21. The third-order valence-corrected chi connectivity index (χ3v) is 3.96. The molecule has 1 N–H and O–H groups in total. The van der Waals surface area contributed by atoms with Crippen molar-refractivity contribution in [3.8, 4) is 0 Å². The summed E-state index contributed by atoms with van der Waals surface area (Å²) >= 11 is 9.26. The SMILES string of the molecule is CC(=O)NC1CCN(C(=O)c2cc(Br)cnc2Cl)CC1. The van der Waals surface area contributed by atoms with Crippen molar-refractivity contribution < 1.29 is 9.59 Å². The summed E-state index contributed by atoms with van der Waals surface area (Å²) in [7, 11) is 0. The maximum atomic E-state index is 12.4. The van der Waals surface area contributed by atoms with E-state index in [9.17, 15) is 9.59 Å². The smallest absolute Gasteiger partial charge is 0.257 e. The monoisotopic (exact) mass is 359 g/mol. The van der Waals surface area contributed by atoms with Crippen LogP contribution in [-0.2, 0) is 4.79 Å². The van der Waals surface area contributed by atoms with Gasteiger partial charge in [-0.05, 0) is 34.8 Å². The predicted octanol–water partition coefficient (Wildman–Crippen LogP) is 2.24. The van der Waals surface area contributed by atoms with Gasteiger partial charge in [0.15, 0.2) is 0 Å². The molecule has 1 aromatic rings. The van der Waals surface area contributed by atoms with Crippen LogP contribution in [0.2, 0.25) is 5.15 Å². The van der Waals surface area contributed by atoms with E-state index in [0.29, 0.717) is 18.7 Å². The summed E-state index contributed by atoms with van der Waals surface area (Å²) in [5.41, 5.74) is 0.402. The van der Waals surface area contributed by atoms with Crippen LogP contribution in [0.3, 0.4) is 0 Å². The average Bonchev–Trinajstić information content (AvgIpc) is 2.41. The summed E-state index contributed by atoms with van der Waals surface area (Å²) in [6.45, 7) is 2.71. The van der Waals surface area contributed by atoms with Crippen LogP contribution in [0.25, 0.3) is 0 Å². The standard InChI is InChI=1S/C13H15BrClN3O2/c1-8(19)17-10-2-4-18(5-3-10)13(20)11-6-9(14)7-16-12(11)15/h6-7,10H,2-5H2,1H3,(H,17,19). The molecule has 2 amide bonds. The number of likely N-dealkylation sites (tertiary alicyclic amines) is 1. The molecule has 0 aliphatic carbocycles. The molecule has 0 spiro atoms. The van der Waals surface area contributed by atoms with Gasteiger partial charge in [0.05, 0.1) is 5.56 Å². The Kier molecular flexibility index (Phi) is 4.99. The number of amides is 2. The van der Waals surface area contributed by atoms with Crippen LogP contribution >= 0.6 is 27.5 Å². The van der Waals surface area contributed by atoms with Crippen LogP contribution in [0.4, 0.5) is 0 Å². The summed E-state index contributed by atoms with van der Waals surface area (Å²) in [4.78, 5) is 29.1. The largest absolute Gasteiger partial charge is 0.353 e. The van der Waals surface area contributed by atoms with Gasteiger partial charge in [0.1, 0.15) is 5.15 Å². The molecule has 20 heavy (non-hydrogen) atoms. The summed E-state index contributed by atoms with van der Waals surface area (Å²) < 4.78 is 0.721. The van der Waals surface area contributed by atoms with Crippen molar-refractivity contribution in [1.29, 1.82) is 0 Å². The van der Waals surface area contributed by atoms with Gasteiger partial charge >= 0.3 is 0 Å². The Labute approximate surface area is 130 Å². The molecule has 2 rings (SSSR count). The number of hydrogen-bond acceptors (Lipinski definition) is 3. The van der Waals surface area contributed by atoms with Gasteiger partial charge in [0.2, 0.25) is 5.91 Å². The predicted molar refractivity (Wildman–Crippen MR) is 79.7 cm³/mol. The minimum Gasteiger partial charge on any atom is -0.353 e. The van der Waals surface area contributed by atoms with Gasteiger partial charge in [0.25, 0.3) is 5.91 Å². The third-order valence-electron chi connectivity index (χ3n) is 3.23. The Morgan fingerprint density at radius 2 is 2.10 bits per heavy atom. The molecule has 5 nitrogen and oxygen atoms in total. The van der Waals surface area contributed by atoms with Crippen LogP contribution in [0.1, 0.15) is 30.1 Å². The maximum absolute atomic E-state index is 12.4. The van der Waals surface area contributed by atoms with Gasteiger partial charge in [-0.1, -0.05) is 11.6 Å². The first kappa shape index (κ1) is 15.3. The van der Waals surface area contributed by atoms with Crippen molar-refractivity contribution in [1.82, 2.24) is 15.2 Å². The number of nitrogens with one attached hydrogen (secondary N) is 1. The van der Waals surface area contributed by atoms with E-state index in [2.05, 4.69) is 26.2 Å². The molecular weight excluding hydrogens is 346 g/mol. The Morgan fingerprint density at radius 1 is 1.45 bits per heavy atom. The van der Waals surface area contributed by atoms with E-state index >= 15 is 0 Å². The Morgan fingerprint density at radius 3 is 2.70 bits per heavy atom. The van der Waals surface area contributed by atoms with Crippen molar-refractivity contribution in [2.45, 2.75) is 25.8 Å². The van der Waals surface area contributed by atoms with Crippen LogP contribution in [0.5, 0.6) is 0 Å². The molecule has 0 aromatic carbocycles. The number of nitrogens with zero attached hydrogens (tertiary/aromatic N) is 2. The van der Waals surface area contributed by atoms with Gasteiger partial charge < -0.3 is 10.2 Å². The quantitative estimate of drug-likeness (QED) is 0.823. The first-order valence-corrected chi connectivity index (χ1v) is 7.52. The lowest BCUT2D eigenvalue weighted by molar-refractivity contribution is -0.119. The Bertz CT molecular complexity index is 530. The summed E-state index contributed by atoms with van der Waals surface area (Å²) in [5, 5.41) is 3.09. The number of hydrogen-bond donors (Lipinski definition) is 1. The number of carbonyl (C=O) groups excluding carboxylic acids is 2. The molecule has 1 aliphatic rings. The molecule has 2 heterocycles. The number of pyridine rings is 1. The van der Waals surface area contributed by atoms with Crippen LogP contribution in [-0.4, -0.2) is 40.8 Å².